The summed E-state index contributed by atoms with van der Waals surface area (Å²) in [7, 11) is -3.82. The normalized spacial score (nSPS) is 20.4. The highest BCUT2D eigenvalue weighted by atomic mass is 32.2. The monoisotopic (exact) mass is 563 g/mol. The van der Waals surface area contributed by atoms with E-state index < -0.39 is 10.0 Å². The van der Waals surface area contributed by atoms with Gasteiger partial charge in [0, 0.05) is 47.7 Å². The van der Waals surface area contributed by atoms with Crippen LogP contribution in [-0.2, 0) is 29.4 Å². The lowest BCUT2D eigenvalue weighted by atomic mass is 9.76. The van der Waals surface area contributed by atoms with Gasteiger partial charge < -0.3 is 20.7 Å². The van der Waals surface area contributed by atoms with E-state index in [9.17, 15) is 8.42 Å². The van der Waals surface area contributed by atoms with Crippen molar-refractivity contribution in [3.05, 3.63) is 53.6 Å². The van der Waals surface area contributed by atoms with Gasteiger partial charge in [0.2, 0.25) is 10.0 Å². The van der Waals surface area contributed by atoms with Crippen molar-refractivity contribution in [3.8, 4) is 16.9 Å². The number of sulfonamides is 1. The van der Waals surface area contributed by atoms with Crippen molar-refractivity contribution >= 4 is 21.7 Å². The van der Waals surface area contributed by atoms with E-state index in [2.05, 4.69) is 38.8 Å². The lowest BCUT2D eigenvalue weighted by molar-refractivity contribution is 0.310. The smallest absolute Gasteiger partial charge is 0.244 e. The minimum Gasteiger partial charge on any atom is -0.491 e. The van der Waals surface area contributed by atoms with Crippen LogP contribution < -0.4 is 25.4 Å². The quantitative estimate of drug-likeness (QED) is 0.413. The second kappa shape index (κ2) is 10.6. The zero-order valence-corrected chi connectivity index (χ0v) is 23.9. The first-order chi connectivity index (χ1) is 19.2. The van der Waals surface area contributed by atoms with Gasteiger partial charge in [-0.2, -0.15) is 0 Å². The van der Waals surface area contributed by atoms with Crippen LogP contribution in [0.25, 0.3) is 11.1 Å². The third-order valence-corrected chi connectivity index (χ3v) is 9.69. The van der Waals surface area contributed by atoms with Gasteiger partial charge in [0.15, 0.2) is 0 Å². The Kier molecular flexibility index (Phi) is 7.14. The Morgan fingerprint density at radius 2 is 2.08 bits per heavy atom. The molecule has 6 rings (SSSR count). The summed E-state index contributed by atoms with van der Waals surface area (Å²) < 4.78 is 35.1. The van der Waals surface area contributed by atoms with Crippen LogP contribution in [0.3, 0.4) is 0 Å². The predicted molar refractivity (Wildman–Crippen MR) is 155 cm³/mol. The van der Waals surface area contributed by atoms with E-state index in [1.807, 2.05) is 18.2 Å². The minimum atomic E-state index is -3.82. The third kappa shape index (κ3) is 5.50. The molecule has 10 nitrogen and oxygen atoms in total. The van der Waals surface area contributed by atoms with Crippen molar-refractivity contribution in [1.82, 2.24) is 25.0 Å². The average molecular weight is 564 g/mol. The van der Waals surface area contributed by atoms with Gasteiger partial charge in [-0.15, -0.1) is 0 Å². The molecule has 0 unspecified atom stereocenters. The highest BCUT2D eigenvalue weighted by Gasteiger charge is 2.31. The van der Waals surface area contributed by atoms with Crippen LogP contribution in [0.1, 0.15) is 49.9 Å². The fourth-order valence-corrected chi connectivity index (χ4v) is 7.12. The summed E-state index contributed by atoms with van der Waals surface area (Å²) in [6, 6.07) is 7.66. The number of nitrogens with one attached hydrogen (secondary N) is 2. The summed E-state index contributed by atoms with van der Waals surface area (Å²) in [6.45, 7) is 7.70. The first-order valence-electron chi connectivity index (χ1n) is 14.0. The third-order valence-electron chi connectivity index (χ3n) is 8.23. The molecule has 3 aliphatic rings. The molecule has 40 heavy (non-hydrogen) atoms. The molecule has 4 N–H and O–H groups in total. The predicted octanol–water partition coefficient (Wildman–Crippen LogP) is 3.07. The standard InChI is InChI=1S/C29H37N7O3S/c1-29(2)8-7-24-23(14-29)28(34-18-33-24)36-10-11-39-25-6-5-19(12-21(25)17-36)20-13-26(27(30)32-15-20)40(37,38)35-16-22-4-3-9-31-22/h5-6,12-13,15,18,22,31,35H,3-4,7-11,14,16-17H2,1-2H3,(H2,30,32)/t22-/m1/s1. The molecule has 1 atom stereocenters. The number of benzene rings is 1. The fourth-order valence-electron chi connectivity index (χ4n) is 5.93. The van der Waals surface area contributed by atoms with E-state index in [-0.39, 0.29) is 22.2 Å². The summed E-state index contributed by atoms with van der Waals surface area (Å²) in [6.07, 6.45) is 8.31. The molecule has 2 aromatic heterocycles. The first-order valence-corrected chi connectivity index (χ1v) is 15.5. The Morgan fingerprint density at radius 1 is 1.20 bits per heavy atom. The second-order valence-corrected chi connectivity index (χ2v) is 13.5. The van der Waals surface area contributed by atoms with Gasteiger partial charge in [-0.25, -0.2) is 28.1 Å². The Labute approximate surface area is 235 Å². The second-order valence-electron chi connectivity index (χ2n) is 11.8. The number of anilines is 2. The van der Waals surface area contributed by atoms with Crippen LogP contribution >= 0.6 is 0 Å². The highest BCUT2D eigenvalue weighted by Crippen LogP contribution is 2.39. The van der Waals surface area contributed by atoms with Gasteiger partial charge in [-0.3, -0.25) is 0 Å². The number of fused-ring (bicyclic) bond motifs is 2. The summed E-state index contributed by atoms with van der Waals surface area (Å²) in [5.74, 6) is 1.78. The number of rotatable bonds is 6. The zero-order valence-electron chi connectivity index (χ0n) is 23.1. The van der Waals surface area contributed by atoms with Crippen LogP contribution in [0.5, 0.6) is 5.75 Å². The van der Waals surface area contributed by atoms with Crippen molar-refractivity contribution in [1.29, 1.82) is 0 Å². The van der Waals surface area contributed by atoms with Crippen molar-refractivity contribution in [2.45, 2.75) is 63.4 Å². The number of nitrogens with two attached hydrogens (primary N) is 1. The number of hydrogen-bond acceptors (Lipinski definition) is 9. The Balaban J connectivity index is 1.28. The molecular formula is C29H37N7O3S. The number of nitrogen functional groups attached to an aromatic ring is 1. The lowest BCUT2D eigenvalue weighted by Gasteiger charge is -2.33. The molecule has 1 fully saturated rings. The van der Waals surface area contributed by atoms with Gasteiger partial charge in [0.25, 0.3) is 0 Å². The SMILES string of the molecule is CC1(C)CCc2ncnc(N3CCOc4ccc(-c5cnc(N)c(S(=O)(=O)NC[C@H]6CCCN6)c5)cc4C3)c2C1. The van der Waals surface area contributed by atoms with E-state index in [0.29, 0.717) is 31.8 Å². The van der Waals surface area contributed by atoms with E-state index in [1.54, 1.807) is 18.6 Å². The molecule has 212 valence electrons. The zero-order chi connectivity index (χ0) is 27.9. The maximum absolute atomic E-state index is 13.1. The first kappa shape index (κ1) is 26.9. The van der Waals surface area contributed by atoms with Crippen LogP contribution in [0.15, 0.2) is 41.7 Å². The molecule has 1 saturated heterocycles. The van der Waals surface area contributed by atoms with Crippen molar-refractivity contribution in [2.75, 3.05) is 36.9 Å². The molecular weight excluding hydrogens is 526 g/mol. The van der Waals surface area contributed by atoms with Crippen LogP contribution in [0, 0.1) is 5.41 Å². The van der Waals surface area contributed by atoms with E-state index in [1.165, 1.54) is 5.56 Å². The molecule has 0 amide bonds. The van der Waals surface area contributed by atoms with Gasteiger partial charge in [0.1, 0.15) is 35.2 Å². The lowest BCUT2D eigenvalue weighted by Crippen LogP contribution is -2.37. The molecule has 1 aliphatic carbocycles. The summed E-state index contributed by atoms with van der Waals surface area (Å²) in [5, 5.41) is 3.30. The maximum atomic E-state index is 13.1. The van der Waals surface area contributed by atoms with Crippen LogP contribution in [0.4, 0.5) is 11.6 Å². The Morgan fingerprint density at radius 3 is 2.90 bits per heavy atom. The molecule has 3 aromatic rings. The number of ether oxygens (including phenoxy) is 1. The number of pyridine rings is 1. The molecule has 0 saturated carbocycles. The highest BCUT2D eigenvalue weighted by molar-refractivity contribution is 7.89. The molecule has 0 spiro atoms. The number of hydrogen-bond donors (Lipinski definition) is 3. The van der Waals surface area contributed by atoms with Crippen molar-refractivity contribution in [3.63, 3.8) is 0 Å². The van der Waals surface area contributed by atoms with E-state index in [4.69, 9.17) is 15.5 Å². The molecule has 2 aliphatic heterocycles. The Hall–Kier alpha value is -3.28. The Bertz CT molecular complexity index is 1520. The topological polar surface area (TPSA) is 135 Å². The fraction of sp³-hybridized carbons (Fsp3) is 0.483. The summed E-state index contributed by atoms with van der Waals surface area (Å²) in [5.41, 5.74) is 11.1. The van der Waals surface area contributed by atoms with Crippen LogP contribution in [-0.4, -0.2) is 55.7 Å². The van der Waals surface area contributed by atoms with Gasteiger partial charge >= 0.3 is 0 Å². The molecule has 0 bridgehead atoms. The maximum Gasteiger partial charge on any atom is 0.244 e. The van der Waals surface area contributed by atoms with Gasteiger partial charge in [0.05, 0.1) is 6.54 Å². The number of aromatic nitrogens is 3. The van der Waals surface area contributed by atoms with E-state index in [0.717, 1.165) is 67.0 Å². The molecule has 0 radical (unpaired) electrons. The molecule has 1 aromatic carbocycles. The van der Waals surface area contributed by atoms with E-state index >= 15 is 0 Å². The minimum absolute atomic E-state index is 0.00829. The number of nitrogens with zero attached hydrogens (tertiary/aromatic N) is 4. The number of aryl methyl sites for hydroxylation is 1. The summed E-state index contributed by atoms with van der Waals surface area (Å²) in [4.78, 5) is 15.8. The van der Waals surface area contributed by atoms with Crippen LogP contribution in [0.2, 0.25) is 0 Å². The van der Waals surface area contributed by atoms with Crippen molar-refractivity contribution < 1.29 is 13.2 Å². The van der Waals surface area contributed by atoms with Gasteiger partial charge in [-0.1, -0.05) is 19.9 Å². The molecule has 4 heterocycles. The van der Waals surface area contributed by atoms with Gasteiger partial charge in [-0.05, 0) is 67.8 Å². The average Bonchev–Trinajstić information content (AvgIpc) is 3.37. The largest absolute Gasteiger partial charge is 0.491 e. The molecule has 11 heteroatoms. The van der Waals surface area contributed by atoms with Crippen molar-refractivity contribution in [2.24, 2.45) is 5.41 Å². The summed E-state index contributed by atoms with van der Waals surface area (Å²) >= 11 is 0.